The zero-order valence-electron chi connectivity index (χ0n) is 19.9. The maximum absolute atomic E-state index is 14.2. The van der Waals surface area contributed by atoms with Gasteiger partial charge in [0.05, 0.1) is 0 Å². The van der Waals surface area contributed by atoms with E-state index in [4.69, 9.17) is 0 Å². The van der Waals surface area contributed by atoms with Crippen LogP contribution in [0.2, 0.25) is 0 Å². The third kappa shape index (κ3) is 5.58. The van der Waals surface area contributed by atoms with Gasteiger partial charge in [-0.1, -0.05) is 6.07 Å². The first-order valence-corrected chi connectivity index (χ1v) is 11.6. The second-order valence-electron chi connectivity index (χ2n) is 9.40. The van der Waals surface area contributed by atoms with Crippen LogP contribution in [-0.2, 0) is 11.2 Å². The van der Waals surface area contributed by atoms with E-state index in [0.717, 1.165) is 36.0 Å². The largest absolute Gasteiger partial charge is 0.336 e. The number of halogens is 3. The van der Waals surface area contributed by atoms with Gasteiger partial charge >= 0.3 is 0 Å². The van der Waals surface area contributed by atoms with E-state index >= 15 is 0 Å². The third-order valence-electron chi connectivity index (χ3n) is 6.83. The highest BCUT2D eigenvalue weighted by Crippen LogP contribution is 2.33. The van der Waals surface area contributed by atoms with Gasteiger partial charge in [0.2, 0.25) is 5.91 Å². The Bertz CT molecular complexity index is 1050. The van der Waals surface area contributed by atoms with Crippen molar-refractivity contribution in [3.8, 4) is 0 Å². The Kier molecular flexibility index (Phi) is 8.31. The fourth-order valence-corrected chi connectivity index (χ4v) is 4.99. The summed E-state index contributed by atoms with van der Waals surface area (Å²) in [5.74, 6) is -0.995. The lowest BCUT2D eigenvalue weighted by Gasteiger charge is -2.35. The number of amides is 2. The molecule has 2 saturated heterocycles. The van der Waals surface area contributed by atoms with Crippen LogP contribution >= 0.6 is 12.4 Å². The quantitative estimate of drug-likeness (QED) is 0.637. The van der Waals surface area contributed by atoms with Gasteiger partial charge in [0.15, 0.2) is 0 Å². The number of carbonyl (C=O) groups excluding carboxylic acids is 2. The normalized spacial score (nSPS) is 19.2. The van der Waals surface area contributed by atoms with Crippen LogP contribution < -0.4 is 4.90 Å². The van der Waals surface area contributed by atoms with E-state index in [9.17, 15) is 18.4 Å². The Morgan fingerprint density at radius 2 is 1.68 bits per heavy atom. The molecule has 0 N–H and O–H groups in total. The molecular weight excluding hydrogens is 460 g/mol. The Labute approximate surface area is 206 Å². The minimum atomic E-state index is -0.589. The topological polar surface area (TPSA) is 43.9 Å². The highest BCUT2D eigenvalue weighted by Gasteiger charge is 2.30. The summed E-state index contributed by atoms with van der Waals surface area (Å²) in [6.45, 7) is 7.48. The summed E-state index contributed by atoms with van der Waals surface area (Å²) < 4.78 is 27.4. The minimum Gasteiger partial charge on any atom is -0.336 e. The van der Waals surface area contributed by atoms with Crippen LogP contribution in [0, 0.1) is 31.4 Å². The predicted octanol–water partition coefficient (Wildman–Crippen LogP) is 4.38. The molecule has 2 aliphatic rings. The molecular formula is C26H32ClF2N3O2. The summed E-state index contributed by atoms with van der Waals surface area (Å²) in [6, 6.07) is 7.42. The van der Waals surface area contributed by atoms with Crippen molar-refractivity contribution in [3.05, 3.63) is 64.2 Å². The first-order valence-electron chi connectivity index (χ1n) is 11.6. The van der Waals surface area contributed by atoms with E-state index in [2.05, 4.69) is 11.9 Å². The van der Waals surface area contributed by atoms with Crippen LogP contribution in [0.3, 0.4) is 0 Å². The molecule has 2 aliphatic heterocycles. The average molecular weight is 492 g/mol. The van der Waals surface area contributed by atoms with Crippen LogP contribution in [-0.4, -0.2) is 61.4 Å². The number of aryl methyl sites for hydroxylation is 2. The van der Waals surface area contributed by atoms with Gasteiger partial charge in [-0.15, -0.1) is 12.4 Å². The number of benzene rings is 2. The Hall–Kier alpha value is -2.51. The first kappa shape index (κ1) is 26.1. The molecule has 2 heterocycles. The second kappa shape index (κ2) is 10.8. The zero-order valence-corrected chi connectivity index (χ0v) is 20.8. The minimum absolute atomic E-state index is 0. The summed E-state index contributed by atoms with van der Waals surface area (Å²) >= 11 is 0. The van der Waals surface area contributed by atoms with E-state index in [1.54, 1.807) is 4.90 Å². The molecule has 4 rings (SSSR count). The summed E-state index contributed by atoms with van der Waals surface area (Å²) in [4.78, 5) is 31.7. The summed E-state index contributed by atoms with van der Waals surface area (Å²) in [6.07, 6.45) is 1.51. The standard InChI is InChI=1S/C26H31F2N3O2.ClH/c1-17-12-21(26(33)30-10-8-29(3)9-11-30)13-18(2)25(17)31-16-19(4-7-24(31)32)14-20-5-6-22(27)15-23(20)28;/h5-6,12-13,15,19H,4,7-11,14,16H2,1-3H3;1H. The van der Waals surface area contributed by atoms with Crippen LogP contribution in [0.4, 0.5) is 14.5 Å². The summed E-state index contributed by atoms with van der Waals surface area (Å²) in [5.41, 5.74) is 3.72. The lowest BCUT2D eigenvalue weighted by atomic mass is 9.89. The van der Waals surface area contributed by atoms with Crippen LogP contribution in [0.15, 0.2) is 30.3 Å². The molecule has 184 valence electrons. The number of hydrogen-bond donors (Lipinski definition) is 0. The Morgan fingerprint density at radius 1 is 1.03 bits per heavy atom. The van der Waals surface area contributed by atoms with Gasteiger partial charge in [-0.3, -0.25) is 9.59 Å². The highest BCUT2D eigenvalue weighted by molar-refractivity contribution is 5.99. The Balaban J connectivity index is 0.00000324. The van der Waals surface area contributed by atoms with E-state index < -0.39 is 11.6 Å². The zero-order chi connectivity index (χ0) is 23.7. The molecule has 2 amide bonds. The molecule has 2 aromatic rings. The van der Waals surface area contributed by atoms with Gasteiger partial charge in [-0.25, -0.2) is 8.78 Å². The van der Waals surface area contributed by atoms with Crippen LogP contribution in [0.1, 0.15) is 39.9 Å². The SMILES string of the molecule is Cc1cc(C(=O)N2CCN(C)CC2)cc(C)c1N1CC(Cc2ccc(F)cc2F)CCC1=O.Cl. The molecule has 0 aromatic heterocycles. The fraction of sp³-hybridized carbons (Fsp3) is 0.462. The van der Waals surface area contributed by atoms with Gasteiger partial charge < -0.3 is 14.7 Å². The molecule has 0 aliphatic carbocycles. The van der Waals surface area contributed by atoms with Crippen molar-refractivity contribution in [3.63, 3.8) is 0 Å². The maximum Gasteiger partial charge on any atom is 0.253 e. The molecule has 8 heteroatoms. The first-order chi connectivity index (χ1) is 15.7. The van der Waals surface area contributed by atoms with Crippen molar-refractivity contribution < 1.29 is 18.4 Å². The fourth-order valence-electron chi connectivity index (χ4n) is 4.99. The van der Waals surface area contributed by atoms with Crippen molar-refractivity contribution in [1.82, 2.24) is 9.80 Å². The van der Waals surface area contributed by atoms with E-state index in [1.165, 1.54) is 12.1 Å². The number of likely N-dealkylation sites (N-methyl/N-ethyl adjacent to an activating group) is 1. The van der Waals surface area contributed by atoms with Gasteiger partial charge in [0.25, 0.3) is 5.91 Å². The predicted molar refractivity (Wildman–Crippen MR) is 132 cm³/mol. The molecule has 0 saturated carbocycles. The molecule has 5 nitrogen and oxygen atoms in total. The van der Waals surface area contributed by atoms with Crippen molar-refractivity contribution >= 4 is 29.9 Å². The number of piperazine rings is 1. The summed E-state index contributed by atoms with van der Waals surface area (Å²) in [7, 11) is 2.05. The molecule has 0 spiro atoms. The number of anilines is 1. The van der Waals surface area contributed by atoms with Gasteiger partial charge in [-0.05, 0) is 74.5 Å². The second-order valence-corrected chi connectivity index (χ2v) is 9.40. The van der Waals surface area contributed by atoms with Crippen molar-refractivity contribution in [1.29, 1.82) is 0 Å². The van der Waals surface area contributed by atoms with E-state index in [1.807, 2.05) is 30.9 Å². The Morgan fingerprint density at radius 3 is 2.29 bits per heavy atom. The molecule has 0 bridgehead atoms. The molecule has 0 radical (unpaired) electrons. The van der Waals surface area contributed by atoms with E-state index in [0.29, 0.717) is 50.0 Å². The summed E-state index contributed by atoms with van der Waals surface area (Å²) in [5, 5.41) is 0. The monoisotopic (exact) mass is 491 g/mol. The number of rotatable bonds is 4. The number of hydrogen-bond acceptors (Lipinski definition) is 3. The smallest absolute Gasteiger partial charge is 0.253 e. The van der Waals surface area contributed by atoms with Gasteiger partial charge in [0.1, 0.15) is 11.6 Å². The van der Waals surface area contributed by atoms with Gasteiger partial charge in [0, 0.05) is 56.5 Å². The molecule has 1 atom stereocenters. The molecule has 34 heavy (non-hydrogen) atoms. The van der Waals surface area contributed by atoms with E-state index in [-0.39, 0.29) is 30.1 Å². The average Bonchev–Trinajstić information content (AvgIpc) is 2.77. The molecule has 1 unspecified atom stereocenters. The van der Waals surface area contributed by atoms with Crippen molar-refractivity contribution in [2.45, 2.75) is 33.1 Å². The number of nitrogens with zero attached hydrogens (tertiary/aromatic N) is 3. The molecule has 2 fully saturated rings. The number of piperidine rings is 1. The lowest BCUT2D eigenvalue weighted by Crippen LogP contribution is -2.47. The molecule has 2 aromatic carbocycles. The maximum atomic E-state index is 14.2. The third-order valence-corrected chi connectivity index (χ3v) is 6.83. The van der Waals surface area contributed by atoms with Gasteiger partial charge in [-0.2, -0.15) is 0 Å². The van der Waals surface area contributed by atoms with Crippen LogP contribution in [0.5, 0.6) is 0 Å². The van der Waals surface area contributed by atoms with Crippen molar-refractivity contribution in [2.75, 3.05) is 44.7 Å². The van der Waals surface area contributed by atoms with Crippen molar-refractivity contribution in [2.24, 2.45) is 5.92 Å². The highest BCUT2D eigenvalue weighted by atomic mass is 35.5. The number of carbonyl (C=O) groups is 2. The lowest BCUT2D eigenvalue weighted by molar-refractivity contribution is -0.120. The van der Waals surface area contributed by atoms with Crippen LogP contribution in [0.25, 0.3) is 0 Å².